The van der Waals surface area contributed by atoms with Crippen LogP contribution in [0.2, 0.25) is 0 Å². The second-order valence-corrected chi connectivity index (χ2v) is 14.2. The predicted molar refractivity (Wildman–Crippen MR) is 233 cm³/mol. The van der Waals surface area contributed by atoms with Crippen LogP contribution in [0.15, 0.2) is 189 Å². The van der Waals surface area contributed by atoms with Crippen molar-refractivity contribution < 1.29 is 0 Å². The highest BCUT2D eigenvalue weighted by Gasteiger charge is 2.31. The summed E-state index contributed by atoms with van der Waals surface area (Å²) in [5.74, 6) is 0. The normalized spacial score (nSPS) is 11.4. The molecular weight excluding hydrogens is 711 g/mol. The van der Waals surface area contributed by atoms with E-state index in [-0.39, 0.29) is 0 Å². The van der Waals surface area contributed by atoms with E-state index in [2.05, 4.69) is 138 Å². The number of fused-ring (bicyclic) bond motifs is 7. The highest BCUT2D eigenvalue weighted by atomic mass is 15.0. The molecule has 0 N–H and O–H groups in total. The Morgan fingerprint density at radius 3 is 1.45 bits per heavy atom. The Morgan fingerprint density at radius 1 is 0.379 bits per heavy atom. The predicted octanol–water partition coefficient (Wildman–Crippen LogP) is 12.0. The lowest BCUT2D eigenvalue weighted by Crippen LogP contribution is -2.07. The second kappa shape index (κ2) is 13.5. The van der Waals surface area contributed by atoms with E-state index in [9.17, 15) is 5.26 Å². The number of nitrogens with zero attached hydrogens (tertiary/aromatic N) is 7. The maximum absolute atomic E-state index is 11.6. The van der Waals surface area contributed by atoms with E-state index >= 15 is 0 Å². The topological polar surface area (TPSA) is 85.2 Å². The summed E-state index contributed by atoms with van der Waals surface area (Å²) >= 11 is 0. The fourth-order valence-electron chi connectivity index (χ4n) is 8.88. The molecule has 0 bridgehead atoms. The Morgan fingerprint density at radius 2 is 0.862 bits per heavy atom. The summed E-state index contributed by atoms with van der Waals surface area (Å²) in [5.41, 5.74) is 13.9. The molecule has 0 aliphatic carbocycles. The number of nitriles is 1. The second-order valence-electron chi connectivity index (χ2n) is 14.2. The first-order valence-corrected chi connectivity index (χ1v) is 19.1. The van der Waals surface area contributed by atoms with Crippen molar-refractivity contribution in [3.8, 4) is 62.0 Å². The van der Waals surface area contributed by atoms with Crippen LogP contribution in [0.5, 0.6) is 0 Å². The van der Waals surface area contributed by atoms with Crippen molar-refractivity contribution in [3.63, 3.8) is 0 Å². The molecule has 6 aromatic heterocycles. The van der Waals surface area contributed by atoms with Crippen molar-refractivity contribution in [1.82, 2.24) is 29.1 Å². The third-order valence-corrected chi connectivity index (χ3v) is 11.2. The molecular formula is C51H31N7. The van der Waals surface area contributed by atoms with Crippen LogP contribution in [0.4, 0.5) is 0 Å². The summed E-state index contributed by atoms with van der Waals surface area (Å²) in [6.45, 7) is 0. The van der Waals surface area contributed by atoms with Gasteiger partial charge in [0.05, 0.1) is 33.3 Å². The number of aromatic nitrogens is 6. The Hall–Kier alpha value is -8.21. The summed E-state index contributed by atoms with van der Waals surface area (Å²) in [6, 6.07) is 51.2. The molecule has 0 amide bonds. The summed E-state index contributed by atoms with van der Waals surface area (Å²) in [7, 11) is 0. The van der Waals surface area contributed by atoms with Gasteiger partial charge in [-0.1, -0.05) is 60.7 Å². The molecule has 5 aromatic carbocycles. The lowest BCUT2D eigenvalue weighted by Gasteiger charge is -2.27. The zero-order chi connectivity index (χ0) is 38.6. The van der Waals surface area contributed by atoms with E-state index in [1.165, 1.54) is 0 Å². The van der Waals surface area contributed by atoms with Gasteiger partial charge in [-0.2, -0.15) is 5.26 Å². The number of hydrogen-bond acceptors (Lipinski definition) is 5. The number of rotatable bonds is 6. The smallest absolute Gasteiger partial charge is 0.101 e. The average molecular weight is 742 g/mol. The van der Waals surface area contributed by atoms with Gasteiger partial charge in [-0.3, -0.25) is 19.9 Å². The summed E-state index contributed by atoms with van der Waals surface area (Å²) < 4.78 is 4.78. The monoisotopic (exact) mass is 741 g/mol. The lowest BCUT2D eigenvalue weighted by molar-refractivity contribution is 1.17. The molecule has 0 aliphatic rings. The Bertz CT molecular complexity index is 3370. The van der Waals surface area contributed by atoms with Crippen LogP contribution < -0.4 is 0 Å². The van der Waals surface area contributed by atoms with Crippen LogP contribution in [0.25, 0.3) is 99.5 Å². The Labute approximate surface area is 333 Å². The van der Waals surface area contributed by atoms with Crippen LogP contribution >= 0.6 is 0 Å². The Balaban J connectivity index is 1.46. The number of pyridine rings is 4. The third-order valence-electron chi connectivity index (χ3n) is 11.2. The first-order chi connectivity index (χ1) is 28.8. The van der Waals surface area contributed by atoms with Crippen molar-refractivity contribution in [2.75, 3.05) is 0 Å². The lowest BCUT2D eigenvalue weighted by atomic mass is 9.80. The molecule has 7 nitrogen and oxygen atoms in total. The molecule has 0 spiro atoms. The van der Waals surface area contributed by atoms with Crippen molar-refractivity contribution in [1.29, 1.82) is 5.26 Å². The Kier molecular flexibility index (Phi) is 7.73. The average Bonchev–Trinajstić information content (AvgIpc) is 3.82. The highest BCUT2D eigenvalue weighted by molar-refractivity contribution is 6.27. The molecule has 58 heavy (non-hydrogen) atoms. The van der Waals surface area contributed by atoms with Crippen LogP contribution in [0.1, 0.15) is 5.56 Å². The van der Waals surface area contributed by atoms with Crippen LogP contribution in [-0.4, -0.2) is 29.1 Å². The molecule has 6 heterocycles. The minimum atomic E-state index is 0.543. The maximum Gasteiger partial charge on any atom is 0.101 e. The van der Waals surface area contributed by atoms with Gasteiger partial charge in [0.25, 0.3) is 0 Å². The SMILES string of the molecule is N#Cc1c(-c2ccncc2)c(-c2ccncc2)c(-c2ccncc2)c(-n2c3ccccc3c3ccc4c(c5ccccc5n4-c4ccccc4)c32)c1-c1ccncc1. The van der Waals surface area contributed by atoms with E-state index in [0.717, 1.165) is 99.5 Å². The molecule has 11 aromatic rings. The minimum Gasteiger partial charge on any atom is -0.309 e. The molecule has 0 fully saturated rings. The molecule has 0 saturated carbocycles. The van der Waals surface area contributed by atoms with Crippen LogP contribution in [0.3, 0.4) is 0 Å². The molecule has 0 saturated heterocycles. The summed E-state index contributed by atoms with van der Waals surface area (Å²) in [6.07, 6.45) is 14.5. The van der Waals surface area contributed by atoms with Gasteiger partial charge in [0.15, 0.2) is 0 Å². The zero-order valence-corrected chi connectivity index (χ0v) is 31.0. The molecule has 0 aliphatic heterocycles. The molecule has 0 unspecified atom stereocenters. The van der Waals surface area contributed by atoms with E-state index in [4.69, 9.17) is 0 Å². The maximum atomic E-state index is 11.6. The molecule has 7 heteroatoms. The number of para-hydroxylation sites is 3. The molecule has 270 valence electrons. The standard InChI is InChI=1S/C51H31N7/c52-32-41-45(33-16-24-53-25-17-33)47(35-20-28-55-29-21-35)48(36-22-30-56-31-23-36)51(46(41)34-18-26-54-27-19-34)58-42-12-6-4-10-38(42)39-14-15-44-49(50(39)58)40-11-5-7-13-43(40)57(44)37-8-2-1-3-9-37/h1-31H. The van der Waals surface area contributed by atoms with E-state index in [0.29, 0.717) is 5.56 Å². The van der Waals surface area contributed by atoms with Crippen LogP contribution in [0, 0.1) is 11.3 Å². The van der Waals surface area contributed by atoms with Gasteiger partial charge in [-0.25, -0.2) is 0 Å². The summed E-state index contributed by atoms with van der Waals surface area (Å²) in [4.78, 5) is 17.7. The van der Waals surface area contributed by atoms with Gasteiger partial charge in [0, 0.05) is 99.1 Å². The van der Waals surface area contributed by atoms with Gasteiger partial charge in [-0.05, 0) is 101 Å². The largest absolute Gasteiger partial charge is 0.309 e. The van der Waals surface area contributed by atoms with Crippen molar-refractivity contribution in [2.45, 2.75) is 0 Å². The first kappa shape index (κ1) is 33.2. The minimum absolute atomic E-state index is 0.543. The van der Waals surface area contributed by atoms with Gasteiger partial charge in [0.1, 0.15) is 6.07 Å². The molecule has 0 atom stereocenters. The van der Waals surface area contributed by atoms with Gasteiger partial charge in [0.2, 0.25) is 0 Å². The quantitative estimate of drug-likeness (QED) is 0.169. The highest BCUT2D eigenvalue weighted by Crippen LogP contribution is 2.53. The van der Waals surface area contributed by atoms with Gasteiger partial charge < -0.3 is 9.13 Å². The zero-order valence-electron chi connectivity index (χ0n) is 31.0. The van der Waals surface area contributed by atoms with Crippen molar-refractivity contribution >= 4 is 43.6 Å². The van der Waals surface area contributed by atoms with Crippen molar-refractivity contribution in [2.24, 2.45) is 0 Å². The van der Waals surface area contributed by atoms with Gasteiger partial charge >= 0.3 is 0 Å². The third kappa shape index (κ3) is 4.99. The first-order valence-electron chi connectivity index (χ1n) is 19.1. The van der Waals surface area contributed by atoms with Crippen LogP contribution in [-0.2, 0) is 0 Å². The van der Waals surface area contributed by atoms with E-state index < -0.39 is 0 Å². The summed E-state index contributed by atoms with van der Waals surface area (Å²) in [5, 5.41) is 16.1. The number of benzene rings is 5. The number of hydrogen-bond donors (Lipinski definition) is 0. The fourth-order valence-corrected chi connectivity index (χ4v) is 8.88. The van der Waals surface area contributed by atoms with E-state index in [1.54, 1.807) is 24.8 Å². The fraction of sp³-hybridized carbons (Fsp3) is 0. The molecule has 11 rings (SSSR count). The van der Waals surface area contributed by atoms with Gasteiger partial charge in [-0.15, -0.1) is 0 Å². The van der Waals surface area contributed by atoms with E-state index in [1.807, 2.05) is 61.2 Å². The van der Waals surface area contributed by atoms with Crippen molar-refractivity contribution in [3.05, 3.63) is 195 Å². The molecule has 0 radical (unpaired) electrons.